The van der Waals surface area contributed by atoms with E-state index >= 15 is 0 Å². The Morgan fingerprint density at radius 3 is 2.79 bits per heavy atom. The van der Waals surface area contributed by atoms with Gasteiger partial charge in [0.25, 0.3) is 0 Å². The van der Waals surface area contributed by atoms with Gasteiger partial charge >= 0.3 is 0 Å². The van der Waals surface area contributed by atoms with Crippen LogP contribution in [0.5, 0.6) is 0 Å². The predicted molar refractivity (Wildman–Crippen MR) is 82.4 cm³/mol. The van der Waals surface area contributed by atoms with E-state index in [9.17, 15) is 0 Å². The summed E-state index contributed by atoms with van der Waals surface area (Å²) >= 11 is 9.73. The Kier molecular flexibility index (Phi) is 4.66. The standard InChI is InChI=1S/C14H17BrClN3/c1-9(11-5-4-6-12(15)7-11)17-8-13-14(16)10(2)18-19(13)3/h4-7,9,17H,8H2,1-3H3/t9-/m0/s1. The molecule has 2 rings (SSSR count). The number of nitrogens with one attached hydrogen (secondary N) is 1. The molecule has 0 spiro atoms. The van der Waals surface area contributed by atoms with Crippen LogP contribution in [0.25, 0.3) is 0 Å². The van der Waals surface area contributed by atoms with Gasteiger partial charge in [-0.3, -0.25) is 4.68 Å². The molecule has 3 nitrogen and oxygen atoms in total. The first kappa shape index (κ1) is 14.6. The number of halogens is 2. The summed E-state index contributed by atoms with van der Waals surface area (Å²) in [5.41, 5.74) is 3.13. The van der Waals surface area contributed by atoms with Gasteiger partial charge in [-0.25, -0.2) is 0 Å². The Balaban J connectivity index is 2.06. The molecule has 5 heteroatoms. The van der Waals surface area contributed by atoms with Crippen molar-refractivity contribution in [3.05, 3.63) is 50.7 Å². The van der Waals surface area contributed by atoms with Gasteiger partial charge in [0.15, 0.2) is 0 Å². The highest BCUT2D eigenvalue weighted by Crippen LogP contribution is 2.21. The van der Waals surface area contributed by atoms with Crippen molar-refractivity contribution in [3.63, 3.8) is 0 Å². The van der Waals surface area contributed by atoms with Crippen LogP contribution in [0.2, 0.25) is 5.02 Å². The van der Waals surface area contributed by atoms with Crippen molar-refractivity contribution in [1.29, 1.82) is 0 Å². The molecular weight excluding hydrogens is 326 g/mol. The maximum absolute atomic E-state index is 6.24. The monoisotopic (exact) mass is 341 g/mol. The van der Waals surface area contributed by atoms with E-state index in [1.54, 1.807) is 0 Å². The van der Waals surface area contributed by atoms with Gasteiger partial charge in [0, 0.05) is 24.1 Å². The number of benzene rings is 1. The fourth-order valence-electron chi connectivity index (χ4n) is 2.02. The van der Waals surface area contributed by atoms with Crippen molar-refractivity contribution in [2.24, 2.45) is 7.05 Å². The lowest BCUT2D eigenvalue weighted by molar-refractivity contribution is 0.548. The molecular formula is C14H17BrClN3. The highest BCUT2D eigenvalue weighted by Gasteiger charge is 2.12. The molecule has 0 aliphatic rings. The molecule has 1 aromatic carbocycles. The highest BCUT2D eigenvalue weighted by molar-refractivity contribution is 9.10. The van der Waals surface area contributed by atoms with Crippen LogP contribution >= 0.6 is 27.5 Å². The van der Waals surface area contributed by atoms with Gasteiger partial charge in [0.1, 0.15) is 0 Å². The van der Waals surface area contributed by atoms with Crippen LogP contribution in [-0.2, 0) is 13.6 Å². The van der Waals surface area contributed by atoms with Crippen LogP contribution in [0.1, 0.15) is 29.9 Å². The molecule has 102 valence electrons. The Labute approximate surface area is 127 Å². The number of hydrogen-bond acceptors (Lipinski definition) is 2. The Hall–Kier alpha value is -0.840. The predicted octanol–water partition coefficient (Wildman–Crippen LogP) is 4.00. The molecule has 0 fully saturated rings. The lowest BCUT2D eigenvalue weighted by Gasteiger charge is -2.15. The summed E-state index contributed by atoms with van der Waals surface area (Å²) in [6.45, 7) is 4.76. The topological polar surface area (TPSA) is 29.9 Å². The molecule has 0 radical (unpaired) electrons. The number of aromatic nitrogens is 2. The van der Waals surface area contributed by atoms with Crippen molar-refractivity contribution >= 4 is 27.5 Å². The number of aryl methyl sites for hydroxylation is 2. The summed E-state index contributed by atoms with van der Waals surface area (Å²) in [6.07, 6.45) is 0. The van der Waals surface area contributed by atoms with E-state index in [4.69, 9.17) is 11.6 Å². The van der Waals surface area contributed by atoms with Gasteiger partial charge in [-0.15, -0.1) is 0 Å². The van der Waals surface area contributed by atoms with Crippen molar-refractivity contribution in [1.82, 2.24) is 15.1 Å². The fraction of sp³-hybridized carbons (Fsp3) is 0.357. The Bertz CT molecular complexity index is 580. The van der Waals surface area contributed by atoms with Crippen LogP contribution in [0, 0.1) is 6.92 Å². The van der Waals surface area contributed by atoms with E-state index in [-0.39, 0.29) is 6.04 Å². The van der Waals surface area contributed by atoms with Crippen molar-refractivity contribution in [2.75, 3.05) is 0 Å². The van der Waals surface area contributed by atoms with Gasteiger partial charge in [0.05, 0.1) is 16.4 Å². The molecule has 0 saturated carbocycles. The first-order valence-corrected chi connectivity index (χ1v) is 7.33. The van der Waals surface area contributed by atoms with E-state index in [1.807, 2.05) is 30.8 Å². The quantitative estimate of drug-likeness (QED) is 0.910. The zero-order valence-corrected chi connectivity index (χ0v) is 13.6. The highest BCUT2D eigenvalue weighted by atomic mass is 79.9. The zero-order valence-electron chi connectivity index (χ0n) is 11.2. The fourth-order valence-corrected chi connectivity index (χ4v) is 2.66. The van der Waals surface area contributed by atoms with Gasteiger partial charge in [-0.1, -0.05) is 39.7 Å². The molecule has 0 aliphatic carbocycles. The molecule has 1 atom stereocenters. The van der Waals surface area contributed by atoms with Gasteiger partial charge in [0.2, 0.25) is 0 Å². The Morgan fingerprint density at radius 1 is 1.47 bits per heavy atom. The van der Waals surface area contributed by atoms with Crippen LogP contribution in [0.4, 0.5) is 0 Å². The molecule has 19 heavy (non-hydrogen) atoms. The summed E-state index contributed by atoms with van der Waals surface area (Å²) < 4.78 is 2.92. The maximum Gasteiger partial charge on any atom is 0.0860 e. The van der Waals surface area contributed by atoms with Gasteiger partial charge in [-0.05, 0) is 31.5 Å². The van der Waals surface area contributed by atoms with E-state index in [0.717, 1.165) is 20.9 Å². The van der Waals surface area contributed by atoms with Crippen molar-refractivity contribution < 1.29 is 0 Å². The van der Waals surface area contributed by atoms with Crippen LogP contribution in [0.15, 0.2) is 28.7 Å². The summed E-state index contributed by atoms with van der Waals surface area (Å²) in [4.78, 5) is 0. The molecule has 1 aromatic heterocycles. The normalized spacial score (nSPS) is 12.7. The van der Waals surface area contributed by atoms with Crippen LogP contribution in [-0.4, -0.2) is 9.78 Å². The lowest BCUT2D eigenvalue weighted by Crippen LogP contribution is -2.20. The smallest absolute Gasteiger partial charge is 0.0860 e. The SMILES string of the molecule is Cc1nn(C)c(CN[C@@H](C)c2cccc(Br)c2)c1Cl. The minimum atomic E-state index is 0.253. The second-order valence-corrected chi connectivity index (χ2v) is 5.92. The molecule has 2 aromatic rings. The summed E-state index contributed by atoms with van der Waals surface area (Å²) in [6, 6.07) is 8.55. The molecule has 0 unspecified atom stereocenters. The van der Waals surface area contributed by atoms with E-state index in [0.29, 0.717) is 6.54 Å². The second kappa shape index (κ2) is 6.07. The largest absolute Gasteiger partial charge is 0.305 e. The van der Waals surface area contributed by atoms with Crippen molar-refractivity contribution in [3.8, 4) is 0 Å². The average molecular weight is 343 g/mol. The molecule has 0 saturated heterocycles. The minimum Gasteiger partial charge on any atom is -0.305 e. The van der Waals surface area contributed by atoms with Crippen molar-refractivity contribution in [2.45, 2.75) is 26.4 Å². The van der Waals surface area contributed by atoms with Crippen LogP contribution < -0.4 is 5.32 Å². The van der Waals surface area contributed by atoms with Gasteiger partial charge in [-0.2, -0.15) is 5.10 Å². The first-order chi connectivity index (χ1) is 8.99. The maximum atomic E-state index is 6.24. The Morgan fingerprint density at radius 2 is 2.21 bits per heavy atom. The van der Waals surface area contributed by atoms with E-state index in [2.05, 4.69) is 45.4 Å². The third-order valence-electron chi connectivity index (χ3n) is 3.19. The summed E-state index contributed by atoms with van der Waals surface area (Å²) in [5.74, 6) is 0. The average Bonchev–Trinajstić information content (AvgIpc) is 2.61. The summed E-state index contributed by atoms with van der Waals surface area (Å²) in [7, 11) is 1.92. The molecule has 0 bridgehead atoms. The van der Waals surface area contributed by atoms with Crippen LogP contribution in [0.3, 0.4) is 0 Å². The minimum absolute atomic E-state index is 0.253. The zero-order chi connectivity index (χ0) is 14.0. The lowest BCUT2D eigenvalue weighted by atomic mass is 10.1. The third kappa shape index (κ3) is 3.38. The van der Waals surface area contributed by atoms with Gasteiger partial charge < -0.3 is 5.32 Å². The molecule has 1 heterocycles. The number of nitrogens with zero attached hydrogens (tertiary/aromatic N) is 2. The molecule has 0 aliphatic heterocycles. The molecule has 1 N–H and O–H groups in total. The second-order valence-electron chi connectivity index (χ2n) is 4.63. The first-order valence-electron chi connectivity index (χ1n) is 6.16. The molecule has 0 amide bonds. The number of rotatable bonds is 4. The number of hydrogen-bond donors (Lipinski definition) is 1. The van der Waals surface area contributed by atoms with E-state index < -0.39 is 0 Å². The summed E-state index contributed by atoms with van der Waals surface area (Å²) in [5, 5.41) is 8.53. The third-order valence-corrected chi connectivity index (χ3v) is 4.17. The van der Waals surface area contributed by atoms with E-state index in [1.165, 1.54) is 5.56 Å².